The van der Waals surface area contributed by atoms with Gasteiger partial charge in [-0.2, -0.15) is 10.5 Å². The van der Waals surface area contributed by atoms with Gasteiger partial charge in [0.2, 0.25) is 0 Å². The summed E-state index contributed by atoms with van der Waals surface area (Å²) in [5.41, 5.74) is 5.63. The normalized spacial score (nSPS) is 10.4. The minimum absolute atomic E-state index is 0.569. The van der Waals surface area contributed by atoms with Crippen molar-refractivity contribution in [2.24, 2.45) is 0 Å². The van der Waals surface area contributed by atoms with E-state index >= 15 is 0 Å². The SMILES string of the molecule is CCCCCCOc1cc(C#Cc2cc3ccc4cc(C#Cc5cc(OCCCCCC)c(C#Cc6cccc(C#N)c6)cc5OCCCCCC)sc4c3s2)c(OCCCCCC)cc1C#Cc1cccc(C#N)c1. The molecule has 2 heterocycles. The summed E-state index contributed by atoms with van der Waals surface area (Å²) in [4.78, 5) is 1.90. The van der Waals surface area contributed by atoms with Gasteiger partial charge in [-0.25, -0.2) is 0 Å². The van der Waals surface area contributed by atoms with Crippen molar-refractivity contribution < 1.29 is 18.9 Å². The molecule has 0 amide bonds. The first kappa shape index (κ1) is 56.2. The van der Waals surface area contributed by atoms with Crippen molar-refractivity contribution in [3.05, 3.63) is 151 Å². The molecule has 7 rings (SSSR count). The highest BCUT2D eigenvalue weighted by Gasteiger charge is 2.15. The van der Waals surface area contributed by atoms with E-state index in [4.69, 9.17) is 18.9 Å². The molecule has 0 aliphatic carbocycles. The van der Waals surface area contributed by atoms with Gasteiger partial charge >= 0.3 is 0 Å². The fourth-order valence-corrected chi connectivity index (χ4v) is 10.6. The van der Waals surface area contributed by atoms with Crippen molar-refractivity contribution in [1.29, 1.82) is 10.5 Å². The molecular formula is C68H68N2O4S2. The van der Waals surface area contributed by atoms with Gasteiger partial charge in [0, 0.05) is 35.4 Å². The monoisotopic (exact) mass is 1040 g/mol. The zero-order valence-electron chi connectivity index (χ0n) is 44.7. The van der Waals surface area contributed by atoms with Crippen LogP contribution in [-0.4, -0.2) is 26.4 Å². The van der Waals surface area contributed by atoms with Crippen LogP contribution < -0.4 is 18.9 Å². The van der Waals surface area contributed by atoms with Crippen LogP contribution >= 0.6 is 22.7 Å². The second-order valence-corrected chi connectivity index (χ2v) is 20.9. The Labute approximate surface area is 460 Å². The fourth-order valence-electron chi connectivity index (χ4n) is 8.42. The van der Waals surface area contributed by atoms with Gasteiger partial charge in [-0.1, -0.05) is 176 Å². The number of hydrogen-bond acceptors (Lipinski definition) is 8. The lowest BCUT2D eigenvalue weighted by atomic mass is 10.1. The van der Waals surface area contributed by atoms with Gasteiger partial charge in [-0.05, 0) is 85.0 Å². The van der Waals surface area contributed by atoms with E-state index in [0.29, 0.717) is 60.6 Å². The van der Waals surface area contributed by atoms with Crippen LogP contribution in [0.1, 0.15) is 185 Å². The molecule has 6 nitrogen and oxygen atoms in total. The van der Waals surface area contributed by atoms with Crippen LogP contribution in [-0.2, 0) is 0 Å². The molecule has 0 saturated heterocycles. The van der Waals surface area contributed by atoms with Crippen molar-refractivity contribution in [3.8, 4) is 82.5 Å². The Morgan fingerprint density at radius 2 is 0.658 bits per heavy atom. The Morgan fingerprint density at radius 1 is 0.342 bits per heavy atom. The molecule has 8 heteroatoms. The Hall–Kier alpha value is -7.56. The third kappa shape index (κ3) is 17.0. The van der Waals surface area contributed by atoms with Crippen LogP contribution in [0, 0.1) is 70.0 Å². The van der Waals surface area contributed by atoms with Gasteiger partial charge in [0.15, 0.2) is 0 Å². The third-order valence-corrected chi connectivity index (χ3v) is 15.0. The number of nitrogens with zero attached hydrogens (tertiary/aromatic N) is 2. The molecule has 0 saturated carbocycles. The summed E-state index contributed by atoms with van der Waals surface area (Å²) in [7, 11) is 0. The largest absolute Gasteiger partial charge is 0.492 e. The van der Waals surface area contributed by atoms with E-state index in [-0.39, 0.29) is 0 Å². The molecule has 0 bridgehead atoms. The molecule has 0 spiro atoms. The maximum absolute atomic E-state index is 9.50. The van der Waals surface area contributed by atoms with Crippen LogP contribution in [0.5, 0.6) is 23.0 Å². The quantitative estimate of drug-likeness (QED) is 0.0443. The molecular weight excluding hydrogens is 973 g/mol. The first-order chi connectivity index (χ1) is 37.4. The van der Waals surface area contributed by atoms with E-state index in [1.807, 2.05) is 48.5 Å². The molecule has 5 aromatic carbocycles. The van der Waals surface area contributed by atoms with E-state index in [2.05, 4.69) is 111 Å². The average Bonchev–Trinajstić information content (AvgIpc) is 4.08. The average molecular weight is 1040 g/mol. The van der Waals surface area contributed by atoms with Crippen LogP contribution in [0.3, 0.4) is 0 Å². The third-order valence-electron chi connectivity index (χ3n) is 12.7. The van der Waals surface area contributed by atoms with Crippen molar-refractivity contribution >= 4 is 42.8 Å². The van der Waals surface area contributed by atoms with Gasteiger partial charge in [-0.3, -0.25) is 0 Å². The standard InChI is InChI=1S/C68H68N2O4S2/c1-5-9-13-17-37-71-63-47-57(65(73-39-19-15-11-7-3)45-55(63)29-27-51-23-21-25-53(41-51)49-69)33-35-61-43-59-31-32-60-44-62(76-68(60)67(59)75-61)36-34-58-48-64(72-38-18-14-10-6-2)56(46-66(58)74-40-20-16-12-8-4)30-28-52-24-22-26-54(42-52)50-70/h21-26,31-32,41-48H,5-20,37-40H2,1-4H3. The minimum Gasteiger partial charge on any atom is -0.492 e. The maximum atomic E-state index is 9.50. The first-order valence-corrected chi connectivity index (χ1v) is 29.0. The summed E-state index contributed by atoms with van der Waals surface area (Å²) < 4.78 is 28.3. The predicted octanol–water partition coefficient (Wildman–Crippen LogP) is 17.3. The number of thiophene rings is 2. The van der Waals surface area contributed by atoms with Crippen LogP contribution in [0.2, 0.25) is 0 Å². The second-order valence-electron chi connectivity index (χ2n) is 18.8. The number of hydrogen-bond donors (Lipinski definition) is 0. The van der Waals surface area contributed by atoms with Crippen LogP contribution in [0.15, 0.2) is 97.1 Å². The molecule has 0 N–H and O–H groups in total. The summed E-state index contributed by atoms with van der Waals surface area (Å²) in [6.45, 7) is 11.1. The molecule has 76 heavy (non-hydrogen) atoms. The summed E-state index contributed by atoms with van der Waals surface area (Å²) >= 11 is 3.38. The number of fused-ring (bicyclic) bond motifs is 3. The molecule has 0 fully saturated rings. The predicted molar refractivity (Wildman–Crippen MR) is 315 cm³/mol. The Bertz CT molecular complexity index is 3180. The highest BCUT2D eigenvalue weighted by molar-refractivity contribution is 7.27. The van der Waals surface area contributed by atoms with Crippen molar-refractivity contribution in [2.45, 2.75) is 130 Å². The second kappa shape index (κ2) is 30.7. The lowest BCUT2D eigenvalue weighted by molar-refractivity contribution is 0.295. The van der Waals surface area contributed by atoms with E-state index in [1.165, 1.54) is 9.40 Å². The molecule has 2 aromatic heterocycles. The Kier molecular flexibility index (Phi) is 22.7. The van der Waals surface area contributed by atoms with E-state index in [0.717, 1.165) is 157 Å². The number of nitriles is 2. The van der Waals surface area contributed by atoms with Gasteiger partial charge < -0.3 is 18.9 Å². The molecule has 0 atom stereocenters. The molecule has 386 valence electrons. The van der Waals surface area contributed by atoms with Crippen molar-refractivity contribution in [3.63, 3.8) is 0 Å². The zero-order chi connectivity index (χ0) is 53.2. The van der Waals surface area contributed by atoms with Gasteiger partial charge in [-0.15, -0.1) is 22.7 Å². The summed E-state index contributed by atoms with van der Waals surface area (Å²) in [6.07, 6.45) is 17.4. The van der Waals surface area contributed by atoms with Crippen molar-refractivity contribution in [2.75, 3.05) is 26.4 Å². The Morgan fingerprint density at radius 3 is 0.974 bits per heavy atom. The summed E-state index contributed by atoms with van der Waals surface area (Å²) in [5.74, 6) is 29.9. The number of ether oxygens (including phenoxy) is 4. The van der Waals surface area contributed by atoms with Crippen LogP contribution in [0.4, 0.5) is 0 Å². The Balaban J connectivity index is 1.22. The van der Waals surface area contributed by atoms with Crippen molar-refractivity contribution in [1.82, 2.24) is 0 Å². The molecule has 0 aliphatic heterocycles. The van der Waals surface area contributed by atoms with Crippen LogP contribution in [0.25, 0.3) is 20.2 Å². The smallest absolute Gasteiger partial charge is 0.136 e. The van der Waals surface area contributed by atoms with Gasteiger partial charge in [0.25, 0.3) is 0 Å². The zero-order valence-corrected chi connectivity index (χ0v) is 46.4. The maximum Gasteiger partial charge on any atom is 0.136 e. The van der Waals surface area contributed by atoms with E-state index in [1.54, 1.807) is 46.9 Å². The molecule has 7 aromatic rings. The molecule has 0 unspecified atom stereocenters. The highest BCUT2D eigenvalue weighted by atomic mass is 32.1. The summed E-state index contributed by atoms with van der Waals surface area (Å²) in [6, 6.07) is 35.7. The summed E-state index contributed by atoms with van der Waals surface area (Å²) in [5, 5.41) is 21.3. The lowest BCUT2D eigenvalue weighted by Gasteiger charge is -2.14. The van der Waals surface area contributed by atoms with Gasteiger partial charge in [0.1, 0.15) is 23.0 Å². The van der Waals surface area contributed by atoms with E-state index in [9.17, 15) is 10.5 Å². The highest BCUT2D eigenvalue weighted by Crippen LogP contribution is 2.38. The fraction of sp³-hybridized carbons (Fsp3) is 0.353. The van der Waals surface area contributed by atoms with E-state index < -0.39 is 0 Å². The number of benzene rings is 5. The van der Waals surface area contributed by atoms with Gasteiger partial charge in [0.05, 0.1) is 91.1 Å². The first-order valence-electron chi connectivity index (χ1n) is 27.3. The molecule has 0 aliphatic rings. The lowest BCUT2D eigenvalue weighted by Crippen LogP contribution is -2.03. The topological polar surface area (TPSA) is 84.5 Å². The minimum atomic E-state index is 0.569. The molecule has 0 radical (unpaired) electrons. The number of rotatable bonds is 24. The number of unbranched alkanes of at least 4 members (excludes halogenated alkanes) is 12.